The van der Waals surface area contributed by atoms with Crippen LogP contribution in [-0.2, 0) is 33.6 Å². The van der Waals surface area contributed by atoms with Crippen LogP contribution in [-0.4, -0.2) is 3.21 Å². The Bertz CT molecular complexity index is 1820. The zero-order chi connectivity index (χ0) is 33.7. The summed E-state index contributed by atoms with van der Waals surface area (Å²) in [6.07, 6.45) is -2.90. The van der Waals surface area contributed by atoms with Gasteiger partial charge < -0.3 is 24.8 Å². The van der Waals surface area contributed by atoms with Crippen molar-refractivity contribution in [3.63, 3.8) is 0 Å². The van der Waals surface area contributed by atoms with Crippen LogP contribution in [0.5, 0.6) is 0 Å². The molecular formula is C40H36Cl2F6Zr. The molecule has 2 aliphatic rings. The van der Waals surface area contributed by atoms with Gasteiger partial charge in [-0.25, -0.2) is 0 Å². The first kappa shape index (κ1) is 39.1. The van der Waals surface area contributed by atoms with Gasteiger partial charge in [0, 0.05) is 0 Å². The topological polar surface area (TPSA) is 0 Å². The summed E-state index contributed by atoms with van der Waals surface area (Å²) in [5, 5.41) is 0. The van der Waals surface area contributed by atoms with E-state index in [1.165, 1.54) is 15.4 Å². The van der Waals surface area contributed by atoms with Gasteiger partial charge in [0.05, 0.1) is 0 Å². The number of alkyl halides is 6. The van der Waals surface area contributed by atoms with Gasteiger partial charge in [-0.15, -0.1) is 0 Å². The van der Waals surface area contributed by atoms with E-state index in [0.717, 1.165) is 64.9 Å². The molecule has 0 spiro atoms. The van der Waals surface area contributed by atoms with E-state index in [2.05, 4.69) is 64.1 Å². The number of rotatable bonds is 6. The Morgan fingerprint density at radius 1 is 0.653 bits per heavy atom. The Balaban J connectivity index is 0.00000270. The summed E-state index contributed by atoms with van der Waals surface area (Å²) in [5.41, 5.74) is 4.39. The van der Waals surface area contributed by atoms with Gasteiger partial charge >= 0.3 is 281 Å². The van der Waals surface area contributed by atoms with E-state index in [1.807, 2.05) is 24.3 Å². The van der Waals surface area contributed by atoms with Gasteiger partial charge in [-0.2, -0.15) is 0 Å². The average molecular weight is 793 g/mol. The van der Waals surface area contributed by atoms with Crippen LogP contribution in [0, 0.1) is 11.3 Å². The van der Waals surface area contributed by atoms with Crippen molar-refractivity contribution < 1.29 is 72.4 Å². The molecule has 0 amide bonds. The minimum absolute atomic E-state index is 0. The van der Waals surface area contributed by atoms with Crippen molar-refractivity contribution in [2.45, 2.75) is 56.5 Å². The van der Waals surface area contributed by atoms with E-state index in [0.29, 0.717) is 14.3 Å². The molecule has 256 valence electrons. The van der Waals surface area contributed by atoms with Crippen molar-refractivity contribution in [1.82, 2.24) is 0 Å². The first-order chi connectivity index (χ1) is 22.2. The quantitative estimate of drug-likeness (QED) is 0.211. The molecule has 4 aromatic carbocycles. The molecule has 9 heteroatoms. The van der Waals surface area contributed by atoms with Crippen LogP contribution >= 0.6 is 0 Å². The van der Waals surface area contributed by atoms with Crippen molar-refractivity contribution >= 4 is 3.21 Å². The molecular weight excluding hydrogens is 757 g/mol. The maximum Gasteiger partial charge on any atom is -1.00 e. The smallest absolute Gasteiger partial charge is 1.00 e. The predicted octanol–water partition coefficient (Wildman–Crippen LogP) is 5.98. The van der Waals surface area contributed by atoms with Crippen LogP contribution in [0.2, 0.25) is 0 Å². The van der Waals surface area contributed by atoms with Gasteiger partial charge in [-0.3, -0.25) is 0 Å². The zero-order valence-corrected chi connectivity index (χ0v) is 31.5. The SMILES string of the molecule is CCCC1C=C(C(C)(C)C)C=[C]1[Zr+2](=[C](c1cccc(C(F)(F)F)c1)c1cccc(C(F)(F)F)c1)[CH]1c2ccccc2-c2ccccc21.[Cl-].[Cl-]. The fraction of sp³-hybridized carbons (Fsp3) is 0.275. The molecule has 0 saturated heterocycles. The Hall–Kier alpha value is -2.73. The molecule has 0 bridgehead atoms. The van der Waals surface area contributed by atoms with E-state index in [9.17, 15) is 26.3 Å². The molecule has 0 radical (unpaired) electrons. The molecule has 2 aliphatic carbocycles. The largest absolute Gasteiger partial charge is 1.00 e. The predicted molar refractivity (Wildman–Crippen MR) is 174 cm³/mol. The minimum Gasteiger partial charge on any atom is -1.00 e. The molecule has 1 atom stereocenters. The number of hydrogen-bond acceptors (Lipinski definition) is 0. The van der Waals surface area contributed by atoms with Crippen LogP contribution in [0.3, 0.4) is 0 Å². The second-order valence-electron chi connectivity index (χ2n) is 13.4. The van der Waals surface area contributed by atoms with Crippen molar-refractivity contribution in [2.75, 3.05) is 0 Å². The minimum atomic E-state index is -4.61. The third-order valence-corrected chi connectivity index (χ3v) is 17.7. The fourth-order valence-electron chi connectivity index (χ4n) is 7.02. The van der Waals surface area contributed by atoms with E-state index in [1.54, 1.807) is 12.1 Å². The average Bonchev–Trinajstić information content (AvgIpc) is 3.59. The van der Waals surface area contributed by atoms with Crippen molar-refractivity contribution in [3.8, 4) is 11.1 Å². The zero-order valence-electron chi connectivity index (χ0n) is 27.5. The summed E-state index contributed by atoms with van der Waals surface area (Å²) in [6.45, 7) is 8.56. The number of allylic oxidation sites excluding steroid dienone is 4. The summed E-state index contributed by atoms with van der Waals surface area (Å²) in [4.78, 5) is 0. The molecule has 0 aromatic heterocycles. The van der Waals surface area contributed by atoms with Gasteiger partial charge in [0.2, 0.25) is 0 Å². The third-order valence-electron chi connectivity index (χ3n) is 9.22. The summed E-state index contributed by atoms with van der Waals surface area (Å²) >= 11 is -3.64. The normalized spacial score (nSPS) is 15.6. The number of halogens is 8. The Kier molecular flexibility index (Phi) is 11.8. The number of hydrogen-bond donors (Lipinski definition) is 0. The molecule has 4 aromatic rings. The van der Waals surface area contributed by atoms with Gasteiger partial charge in [0.25, 0.3) is 0 Å². The molecule has 0 saturated carbocycles. The molecule has 6 rings (SSSR count). The van der Waals surface area contributed by atoms with Crippen LogP contribution in [0.25, 0.3) is 11.1 Å². The van der Waals surface area contributed by atoms with Crippen molar-refractivity contribution in [3.05, 3.63) is 151 Å². The second kappa shape index (κ2) is 14.9. The summed E-state index contributed by atoms with van der Waals surface area (Å²) < 4.78 is 87.1. The second-order valence-corrected chi connectivity index (χ2v) is 19.5. The summed E-state index contributed by atoms with van der Waals surface area (Å²) in [7, 11) is 0. The van der Waals surface area contributed by atoms with E-state index < -0.39 is 44.7 Å². The molecule has 0 nitrogen and oxygen atoms in total. The van der Waals surface area contributed by atoms with Crippen LogP contribution < -0.4 is 24.8 Å². The number of benzene rings is 4. The van der Waals surface area contributed by atoms with Gasteiger partial charge in [-0.1, -0.05) is 0 Å². The Morgan fingerprint density at radius 3 is 1.55 bits per heavy atom. The maximum atomic E-state index is 14.2. The van der Waals surface area contributed by atoms with Gasteiger partial charge in [0.15, 0.2) is 0 Å². The maximum absolute atomic E-state index is 14.2. The Labute approximate surface area is 304 Å². The molecule has 0 fully saturated rings. The first-order valence-corrected chi connectivity index (χ1v) is 19.8. The van der Waals surface area contributed by atoms with Crippen molar-refractivity contribution in [2.24, 2.45) is 11.3 Å². The summed E-state index contributed by atoms with van der Waals surface area (Å²) in [5.74, 6) is 0.0511. The van der Waals surface area contributed by atoms with Gasteiger partial charge in [0.1, 0.15) is 0 Å². The monoisotopic (exact) mass is 790 g/mol. The standard InChI is InChI=1S/C15H8F6.C13H9.C12H19.2ClH.Zr/c16-14(17,18)12-5-1-3-10(8-12)7-11-4-2-6-13(9-11)15(19,20)21;1-3-7-12-10(5-1)9-11-6-2-4-8-13(11)12;1-5-6-10-7-8-11(9-10)12(2,3)4;;;/h1-6,8-9H;1-9H;8-10H,5-6H2,1-4H3;2*1H;/q;;;;;+2/p-2. The first-order valence-electron chi connectivity index (χ1n) is 15.9. The van der Waals surface area contributed by atoms with Crippen LogP contribution in [0.1, 0.15) is 77.5 Å². The van der Waals surface area contributed by atoms with E-state index in [4.69, 9.17) is 0 Å². The van der Waals surface area contributed by atoms with Crippen molar-refractivity contribution in [1.29, 1.82) is 0 Å². The third kappa shape index (κ3) is 7.80. The molecule has 0 heterocycles. The molecule has 1 unspecified atom stereocenters. The molecule has 0 aliphatic heterocycles. The molecule has 49 heavy (non-hydrogen) atoms. The van der Waals surface area contributed by atoms with Crippen LogP contribution in [0.4, 0.5) is 26.3 Å². The summed E-state index contributed by atoms with van der Waals surface area (Å²) in [6, 6.07) is 26.7. The van der Waals surface area contributed by atoms with Crippen LogP contribution in [0.15, 0.2) is 118 Å². The Morgan fingerprint density at radius 2 is 1.12 bits per heavy atom. The molecule has 0 N–H and O–H groups in total. The number of fused-ring (bicyclic) bond motifs is 3. The van der Waals surface area contributed by atoms with E-state index in [-0.39, 0.29) is 39.8 Å². The van der Waals surface area contributed by atoms with Gasteiger partial charge in [-0.05, 0) is 0 Å². The van der Waals surface area contributed by atoms with E-state index >= 15 is 0 Å². The fourth-order valence-corrected chi connectivity index (χ4v) is 16.6.